The zero-order valence-corrected chi connectivity index (χ0v) is 19.3. The topological polar surface area (TPSA) is 119 Å². The largest absolute Gasteiger partial charge is 0.790 e. The molecule has 0 spiro atoms. The quantitative estimate of drug-likeness (QED) is 0.189. The third kappa shape index (κ3) is 7.62. The predicted molar refractivity (Wildman–Crippen MR) is 115 cm³/mol. The average molecular weight is 450 g/mol. The Morgan fingerprint density at radius 3 is 2.65 bits per heavy atom. The number of esters is 1. The highest BCUT2D eigenvalue weighted by atomic mass is 31.2. The van der Waals surface area contributed by atoms with Gasteiger partial charge in [0.1, 0.15) is 18.1 Å². The molecule has 0 heterocycles. The number of unbranched alkanes of at least 4 members (excludes halogenated alkanes) is 2. The molecule has 2 atom stereocenters. The van der Waals surface area contributed by atoms with E-state index in [1.165, 1.54) is 0 Å². The molecule has 1 N–H and O–H groups in total. The zero-order chi connectivity index (χ0) is 23.2. The summed E-state index contributed by atoms with van der Waals surface area (Å²) < 4.78 is 20.1. The van der Waals surface area contributed by atoms with Crippen LogP contribution in [0.25, 0.3) is 0 Å². The first kappa shape index (κ1) is 25.3. The van der Waals surface area contributed by atoms with Gasteiger partial charge in [-0.15, -0.1) is 0 Å². The number of ether oxygens (including phenoxy) is 1. The van der Waals surface area contributed by atoms with E-state index >= 15 is 0 Å². The number of aryl methyl sites for hydroxylation is 1. The highest BCUT2D eigenvalue weighted by Gasteiger charge is 2.31. The molecule has 0 fully saturated rings. The fourth-order valence-electron chi connectivity index (χ4n) is 4.00. The number of rotatable bonds is 10. The molecule has 0 radical (unpaired) electrons. The van der Waals surface area contributed by atoms with Gasteiger partial charge in [0.15, 0.2) is 0 Å². The van der Waals surface area contributed by atoms with Crippen LogP contribution in [-0.2, 0) is 20.3 Å². The first-order chi connectivity index (χ1) is 14.5. The molecule has 1 aromatic rings. The smallest absolute Gasteiger partial charge is 0.337 e. The maximum Gasteiger partial charge on any atom is 0.337 e. The lowest BCUT2D eigenvalue weighted by Gasteiger charge is -2.32. The van der Waals surface area contributed by atoms with Crippen LogP contribution in [0.3, 0.4) is 0 Å². The van der Waals surface area contributed by atoms with Crippen LogP contribution < -0.4 is 14.5 Å². The van der Waals surface area contributed by atoms with E-state index in [4.69, 9.17) is 4.74 Å². The molecule has 172 valence electrons. The third-order valence-corrected chi connectivity index (χ3v) is 5.97. The van der Waals surface area contributed by atoms with Crippen LogP contribution in [0.15, 0.2) is 35.9 Å². The second-order valence-electron chi connectivity index (χ2n) is 8.21. The normalized spacial score (nSPS) is 19.1. The summed E-state index contributed by atoms with van der Waals surface area (Å²) in [5, 5.41) is 10.9. The van der Waals surface area contributed by atoms with E-state index in [2.05, 4.69) is 18.0 Å². The van der Waals surface area contributed by atoms with Crippen molar-refractivity contribution in [2.75, 3.05) is 6.61 Å². The minimum atomic E-state index is -5.30. The first-order valence-electron chi connectivity index (χ1n) is 10.6. The summed E-state index contributed by atoms with van der Waals surface area (Å²) in [6.45, 7) is 9.10. The van der Waals surface area contributed by atoms with Crippen LogP contribution in [0.1, 0.15) is 69.9 Å². The number of phosphoric acid groups is 1. The lowest BCUT2D eigenvalue weighted by Crippen LogP contribution is -2.23. The molecule has 1 aliphatic rings. The van der Waals surface area contributed by atoms with Crippen molar-refractivity contribution in [3.8, 4) is 11.5 Å². The van der Waals surface area contributed by atoms with Crippen molar-refractivity contribution < 1.29 is 33.5 Å². The van der Waals surface area contributed by atoms with Gasteiger partial charge in [-0.2, -0.15) is 0 Å². The van der Waals surface area contributed by atoms with Gasteiger partial charge in [-0.3, -0.25) is 0 Å². The molecule has 0 saturated heterocycles. The molecule has 2 rings (SSSR count). The Morgan fingerprint density at radius 2 is 2.03 bits per heavy atom. The molecule has 0 aromatic heterocycles. The first-order valence-corrected chi connectivity index (χ1v) is 12.0. The van der Waals surface area contributed by atoms with Crippen molar-refractivity contribution >= 4 is 13.8 Å². The van der Waals surface area contributed by atoms with Gasteiger partial charge in [0.25, 0.3) is 0 Å². The number of carbonyl (C=O) groups is 1. The molecule has 1 aliphatic carbocycles. The number of benzene rings is 1. The van der Waals surface area contributed by atoms with Gasteiger partial charge < -0.3 is 28.7 Å². The van der Waals surface area contributed by atoms with Crippen molar-refractivity contribution in [2.45, 2.75) is 65.2 Å². The number of phenolic OH excluding ortho intramolecular Hbond substituents is 1. The number of hydrogen-bond donors (Lipinski definition) is 1. The van der Waals surface area contributed by atoms with Crippen LogP contribution in [0.5, 0.6) is 11.5 Å². The molecule has 31 heavy (non-hydrogen) atoms. The summed E-state index contributed by atoms with van der Waals surface area (Å²) in [7, 11) is -5.30. The van der Waals surface area contributed by atoms with Gasteiger partial charge in [-0.25, -0.2) is 4.79 Å². The SMILES string of the molecule is C=C(C)[C@@H]1CCC(C)=C[C@H]1c1c(O)cc(CCCCC)cc1OC(=O)COP(=O)([O-])[O-]. The Hall–Kier alpha value is -1.92. The lowest BCUT2D eigenvalue weighted by atomic mass is 9.73. The van der Waals surface area contributed by atoms with Crippen LogP contribution in [0.4, 0.5) is 0 Å². The Morgan fingerprint density at radius 1 is 1.32 bits per heavy atom. The summed E-state index contributed by atoms with van der Waals surface area (Å²) in [6, 6.07) is 3.39. The number of phenols is 1. The number of aromatic hydroxyl groups is 1. The fraction of sp³-hybridized carbons (Fsp3) is 0.522. The Balaban J connectivity index is 2.44. The molecular weight excluding hydrogens is 419 g/mol. The molecule has 0 saturated carbocycles. The number of phosphoric ester groups is 1. The van der Waals surface area contributed by atoms with Crippen molar-refractivity contribution in [1.29, 1.82) is 0 Å². The fourth-order valence-corrected chi connectivity index (χ4v) is 4.26. The summed E-state index contributed by atoms with van der Waals surface area (Å²) in [5.41, 5.74) is 3.37. The van der Waals surface area contributed by atoms with E-state index in [1.807, 2.05) is 19.9 Å². The summed E-state index contributed by atoms with van der Waals surface area (Å²) >= 11 is 0. The maximum atomic E-state index is 12.2. The van der Waals surface area contributed by atoms with Crippen molar-refractivity contribution in [1.82, 2.24) is 0 Å². The molecule has 0 unspecified atom stereocenters. The summed E-state index contributed by atoms with van der Waals surface area (Å²) in [4.78, 5) is 33.6. The van der Waals surface area contributed by atoms with Gasteiger partial charge in [-0.1, -0.05) is 43.6 Å². The van der Waals surface area contributed by atoms with E-state index in [0.29, 0.717) is 12.0 Å². The van der Waals surface area contributed by atoms with Crippen molar-refractivity contribution in [3.63, 3.8) is 0 Å². The van der Waals surface area contributed by atoms with Gasteiger partial charge in [0, 0.05) is 11.5 Å². The van der Waals surface area contributed by atoms with E-state index in [-0.39, 0.29) is 23.3 Å². The third-order valence-electron chi connectivity index (χ3n) is 5.53. The van der Waals surface area contributed by atoms with E-state index in [0.717, 1.165) is 48.8 Å². The second-order valence-corrected chi connectivity index (χ2v) is 9.36. The lowest BCUT2D eigenvalue weighted by molar-refractivity contribution is -0.341. The standard InChI is InChI=1S/C23H33O7P/c1-5-6-7-8-17-12-20(24)23(19-11-16(4)9-10-18(19)15(2)3)21(13-17)30-22(25)14-29-31(26,27)28/h11-13,18-19,24H,2,5-10,14H2,1,3-4H3,(H2,26,27,28)/p-2/t18-,19+/m0/s1. The van der Waals surface area contributed by atoms with Crippen molar-refractivity contribution in [3.05, 3.63) is 47.1 Å². The highest BCUT2D eigenvalue weighted by Crippen LogP contribution is 2.47. The molecular formula is C23H31O7P-2. The van der Waals surface area contributed by atoms with Crippen LogP contribution in [0, 0.1) is 5.92 Å². The van der Waals surface area contributed by atoms with Crippen molar-refractivity contribution in [2.24, 2.45) is 5.92 Å². The van der Waals surface area contributed by atoms with Gasteiger partial charge in [0.05, 0.1) is 7.82 Å². The zero-order valence-electron chi connectivity index (χ0n) is 18.4. The number of hydrogen-bond acceptors (Lipinski definition) is 7. The average Bonchev–Trinajstić information content (AvgIpc) is 2.65. The van der Waals surface area contributed by atoms with E-state index < -0.39 is 20.4 Å². The molecule has 8 heteroatoms. The van der Waals surface area contributed by atoms with Crippen LogP contribution in [0.2, 0.25) is 0 Å². The van der Waals surface area contributed by atoms with Crippen LogP contribution in [-0.4, -0.2) is 17.7 Å². The van der Waals surface area contributed by atoms with Gasteiger partial charge in [0.2, 0.25) is 0 Å². The molecule has 0 amide bonds. The summed E-state index contributed by atoms with van der Waals surface area (Å²) in [6.07, 6.45) is 7.49. The minimum absolute atomic E-state index is 0.0123. The molecule has 1 aromatic carbocycles. The Labute approximate surface area is 184 Å². The second kappa shape index (κ2) is 11.1. The van der Waals surface area contributed by atoms with E-state index in [9.17, 15) is 24.3 Å². The summed E-state index contributed by atoms with van der Waals surface area (Å²) in [5.74, 6) is -1.06. The predicted octanol–water partition coefficient (Wildman–Crippen LogP) is 3.89. The maximum absolute atomic E-state index is 12.2. The monoisotopic (exact) mass is 450 g/mol. The minimum Gasteiger partial charge on any atom is -0.790 e. The molecule has 0 bridgehead atoms. The van der Waals surface area contributed by atoms with Crippen LogP contribution >= 0.6 is 7.82 Å². The number of allylic oxidation sites excluding steroid dienone is 3. The number of carbonyl (C=O) groups excluding carboxylic acids is 1. The Kier molecular flexibility index (Phi) is 9.07. The molecule has 7 nitrogen and oxygen atoms in total. The van der Waals surface area contributed by atoms with Gasteiger partial charge in [-0.05, 0) is 63.1 Å². The van der Waals surface area contributed by atoms with E-state index in [1.54, 1.807) is 12.1 Å². The van der Waals surface area contributed by atoms with Gasteiger partial charge >= 0.3 is 5.97 Å². The Bertz CT molecular complexity index is 884. The molecule has 0 aliphatic heterocycles. The highest BCUT2D eigenvalue weighted by molar-refractivity contribution is 7.43.